The maximum absolute atomic E-state index is 11.1. The highest BCUT2D eigenvalue weighted by Gasteiger charge is 2.31. The summed E-state index contributed by atoms with van der Waals surface area (Å²) in [5, 5.41) is 10.4. The third-order valence-electron chi connectivity index (χ3n) is 3.13. The minimum Gasteiger partial charge on any atom is -0.550 e. The molecule has 10 heteroatoms. The zero-order chi connectivity index (χ0) is 20.1. The van der Waals surface area contributed by atoms with Crippen LogP contribution in [0.2, 0.25) is 0 Å². The number of carboxylic acids is 1. The maximum atomic E-state index is 11.1. The lowest BCUT2D eigenvalue weighted by atomic mass is 10.2. The van der Waals surface area contributed by atoms with E-state index < -0.39 is 34.0 Å². The number of nitrogens with one attached hydrogen (secondary N) is 1. The molecule has 0 unspecified atom stereocenters. The van der Waals surface area contributed by atoms with E-state index in [0.717, 1.165) is 0 Å². The Balaban J connectivity index is 0.000000262. The molecule has 0 saturated heterocycles. The summed E-state index contributed by atoms with van der Waals surface area (Å²) in [5.74, 6) is -2.22. The van der Waals surface area contributed by atoms with Gasteiger partial charge in [-0.1, -0.05) is 12.1 Å². The lowest BCUT2D eigenvalue weighted by molar-refractivity contribution is -0.873. The first-order valence-corrected chi connectivity index (χ1v) is 9.14. The fourth-order valence-corrected chi connectivity index (χ4v) is 3.47. The number of sulfonamides is 1. The molecule has 0 fully saturated rings. The highest BCUT2D eigenvalue weighted by Crippen LogP contribution is 2.20. The van der Waals surface area contributed by atoms with Crippen LogP contribution in [-0.4, -0.2) is 64.5 Å². The molecule has 0 saturated carbocycles. The van der Waals surface area contributed by atoms with Gasteiger partial charge in [-0.2, -0.15) is 0 Å². The second-order valence-corrected chi connectivity index (χ2v) is 8.36. The molecular weight excluding hydrogens is 364 g/mol. The van der Waals surface area contributed by atoms with Crippen molar-refractivity contribution < 1.29 is 37.1 Å². The zero-order valence-electron chi connectivity index (χ0n) is 15.0. The Labute approximate surface area is 152 Å². The molecule has 1 heterocycles. The van der Waals surface area contributed by atoms with Crippen molar-refractivity contribution in [1.82, 2.24) is 4.72 Å². The van der Waals surface area contributed by atoms with Gasteiger partial charge in [0.15, 0.2) is 6.10 Å². The number of aliphatic carboxylic acids is 1. The van der Waals surface area contributed by atoms with Crippen LogP contribution in [0.4, 0.5) is 0 Å². The molecule has 26 heavy (non-hydrogen) atoms. The van der Waals surface area contributed by atoms with Crippen molar-refractivity contribution in [2.45, 2.75) is 24.3 Å². The van der Waals surface area contributed by atoms with Gasteiger partial charge in [0.05, 0.1) is 26.7 Å². The Morgan fingerprint density at radius 2 is 1.81 bits per heavy atom. The number of nitrogens with zero attached hydrogens (tertiary/aromatic N) is 1. The Hall–Kier alpha value is -2.46. The SMILES string of the molecule is CC(=O)O[C@H](CC(=O)[O-])C[N+](C)(C)C.O=C1NS(=O)(=O)c2ccccc21. The summed E-state index contributed by atoms with van der Waals surface area (Å²) in [5.41, 5.74) is 0.220. The van der Waals surface area contributed by atoms with Gasteiger partial charge >= 0.3 is 5.97 Å². The van der Waals surface area contributed by atoms with Crippen molar-refractivity contribution in [3.05, 3.63) is 29.8 Å². The van der Waals surface area contributed by atoms with Gasteiger partial charge in [0, 0.05) is 19.3 Å². The molecule has 0 bridgehead atoms. The molecule has 1 aromatic rings. The van der Waals surface area contributed by atoms with Gasteiger partial charge < -0.3 is 19.1 Å². The van der Waals surface area contributed by atoms with Crippen molar-refractivity contribution >= 4 is 27.9 Å². The molecule has 0 aliphatic carbocycles. The molecular formula is C16H22N2O7S. The minimum absolute atomic E-state index is 0.0648. The van der Waals surface area contributed by atoms with Gasteiger partial charge in [-0.15, -0.1) is 0 Å². The molecule has 1 aliphatic heterocycles. The number of esters is 1. The second-order valence-electron chi connectivity index (χ2n) is 6.71. The average Bonchev–Trinajstić information content (AvgIpc) is 2.67. The number of carbonyl (C=O) groups excluding carboxylic acids is 3. The molecule has 1 N–H and O–H groups in total. The number of benzene rings is 1. The summed E-state index contributed by atoms with van der Waals surface area (Å²) in [6, 6.07) is 6.09. The number of carboxylic acid groups (broad SMARTS) is 1. The number of likely N-dealkylation sites (N-methyl/N-ethyl adjacent to an activating group) is 1. The Kier molecular flexibility index (Phi) is 6.87. The van der Waals surface area contributed by atoms with Crippen LogP contribution in [0.1, 0.15) is 23.7 Å². The van der Waals surface area contributed by atoms with E-state index >= 15 is 0 Å². The summed E-state index contributed by atoms with van der Waals surface area (Å²) in [4.78, 5) is 32.1. The predicted octanol–water partition coefficient (Wildman–Crippen LogP) is -1.12. The zero-order valence-corrected chi connectivity index (χ0v) is 15.8. The quantitative estimate of drug-likeness (QED) is 0.501. The van der Waals surface area contributed by atoms with Gasteiger partial charge in [-0.3, -0.25) is 9.59 Å². The first kappa shape index (κ1) is 21.6. The van der Waals surface area contributed by atoms with Crippen LogP contribution in [0, 0.1) is 0 Å². The monoisotopic (exact) mass is 386 g/mol. The van der Waals surface area contributed by atoms with Gasteiger partial charge in [0.1, 0.15) is 11.4 Å². The van der Waals surface area contributed by atoms with E-state index in [1.807, 2.05) is 25.9 Å². The molecule has 1 aromatic carbocycles. The van der Waals surface area contributed by atoms with Crippen LogP contribution in [0.5, 0.6) is 0 Å². The van der Waals surface area contributed by atoms with Crippen LogP contribution in [0.15, 0.2) is 29.2 Å². The fraction of sp³-hybridized carbons (Fsp3) is 0.438. The van der Waals surface area contributed by atoms with Gasteiger partial charge in [0.2, 0.25) is 0 Å². The van der Waals surface area contributed by atoms with E-state index in [1.165, 1.54) is 19.1 Å². The van der Waals surface area contributed by atoms with Crippen LogP contribution in [-0.2, 0) is 24.3 Å². The van der Waals surface area contributed by atoms with Crippen molar-refractivity contribution in [3.8, 4) is 0 Å². The molecule has 9 nitrogen and oxygen atoms in total. The maximum Gasteiger partial charge on any atom is 0.303 e. The number of ether oxygens (including phenoxy) is 1. The van der Waals surface area contributed by atoms with E-state index in [1.54, 1.807) is 12.1 Å². The molecule has 1 atom stereocenters. The summed E-state index contributed by atoms with van der Waals surface area (Å²) < 4.78 is 29.5. The molecule has 0 radical (unpaired) electrons. The average molecular weight is 386 g/mol. The Morgan fingerprint density at radius 1 is 1.23 bits per heavy atom. The third kappa shape index (κ3) is 6.81. The molecule has 2 rings (SSSR count). The molecule has 0 spiro atoms. The number of rotatable bonds is 5. The molecule has 0 aromatic heterocycles. The van der Waals surface area contributed by atoms with Crippen LogP contribution in [0.25, 0.3) is 0 Å². The van der Waals surface area contributed by atoms with Crippen LogP contribution in [0.3, 0.4) is 0 Å². The van der Waals surface area contributed by atoms with Crippen molar-refractivity contribution in [2.75, 3.05) is 27.7 Å². The number of carbonyl (C=O) groups is 3. The third-order valence-corrected chi connectivity index (χ3v) is 4.52. The molecule has 144 valence electrons. The summed E-state index contributed by atoms with van der Waals surface area (Å²) in [6.07, 6.45) is -0.868. The number of fused-ring (bicyclic) bond motifs is 1. The van der Waals surface area contributed by atoms with E-state index in [4.69, 9.17) is 4.74 Å². The number of hydrogen-bond acceptors (Lipinski definition) is 7. The smallest absolute Gasteiger partial charge is 0.303 e. The largest absolute Gasteiger partial charge is 0.550 e. The summed E-state index contributed by atoms with van der Waals surface area (Å²) >= 11 is 0. The van der Waals surface area contributed by atoms with E-state index in [-0.39, 0.29) is 16.9 Å². The normalized spacial score (nSPS) is 15.8. The summed E-state index contributed by atoms with van der Waals surface area (Å²) in [6.45, 7) is 1.71. The predicted molar refractivity (Wildman–Crippen MR) is 89.2 cm³/mol. The van der Waals surface area contributed by atoms with E-state index in [2.05, 4.69) is 0 Å². The highest BCUT2D eigenvalue weighted by atomic mass is 32.2. The van der Waals surface area contributed by atoms with Gasteiger partial charge in [-0.25, -0.2) is 13.1 Å². The van der Waals surface area contributed by atoms with Crippen LogP contribution < -0.4 is 9.83 Å². The van der Waals surface area contributed by atoms with Crippen molar-refractivity contribution in [1.29, 1.82) is 0 Å². The molecule has 1 aliphatic rings. The Bertz CT molecular complexity index is 781. The topological polar surface area (TPSA) is 130 Å². The van der Waals surface area contributed by atoms with Crippen molar-refractivity contribution in [2.24, 2.45) is 0 Å². The van der Waals surface area contributed by atoms with E-state index in [9.17, 15) is 27.9 Å². The van der Waals surface area contributed by atoms with Gasteiger partial charge in [-0.05, 0) is 12.1 Å². The van der Waals surface area contributed by atoms with Crippen LogP contribution >= 0.6 is 0 Å². The fourth-order valence-electron chi connectivity index (χ4n) is 2.30. The minimum atomic E-state index is -3.55. The first-order valence-electron chi connectivity index (χ1n) is 7.65. The number of quaternary nitrogens is 1. The standard InChI is InChI=1S/C9H17NO4.C7H5NO3S/c1-7(11)14-8(5-9(12)13)6-10(2,3)4;9-7-5-3-1-2-4-6(5)12(10,11)8-7/h8H,5-6H2,1-4H3;1-4H,(H,8,9)/t8-;/m1./s1. The van der Waals surface area contributed by atoms with E-state index in [0.29, 0.717) is 11.0 Å². The lowest BCUT2D eigenvalue weighted by Crippen LogP contribution is -2.45. The highest BCUT2D eigenvalue weighted by molar-refractivity contribution is 7.90. The first-order chi connectivity index (χ1) is 11.8. The summed E-state index contributed by atoms with van der Waals surface area (Å²) in [7, 11) is 2.13. The number of hydrogen-bond donors (Lipinski definition) is 1. The molecule has 1 amide bonds. The second kappa shape index (κ2) is 8.28. The van der Waals surface area contributed by atoms with Gasteiger partial charge in [0.25, 0.3) is 15.9 Å². The Morgan fingerprint density at radius 3 is 2.27 bits per heavy atom. The lowest BCUT2D eigenvalue weighted by Gasteiger charge is -2.28. The van der Waals surface area contributed by atoms with Crippen molar-refractivity contribution in [3.63, 3.8) is 0 Å². The number of amides is 1.